The van der Waals surface area contributed by atoms with Gasteiger partial charge in [-0.3, -0.25) is 9.59 Å². The van der Waals surface area contributed by atoms with Gasteiger partial charge in [0.25, 0.3) is 0 Å². The molecule has 1 fully saturated rings. The van der Waals surface area contributed by atoms with E-state index in [2.05, 4.69) is 0 Å². The minimum Gasteiger partial charge on any atom is -0.507 e. The fourth-order valence-electron chi connectivity index (χ4n) is 4.69. The molecule has 9 heteroatoms. The van der Waals surface area contributed by atoms with Gasteiger partial charge in [-0.05, 0) is 85.7 Å². The van der Waals surface area contributed by atoms with Crippen molar-refractivity contribution in [3.63, 3.8) is 0 Å². The summed E-state index contributed by atoms with van der Waals surface area (Å²) < 4.78 is 21.9. The molecule has 0 unspecified atom stereocenters. The summed E-state index contributed by atoms with van der Waals surface area (Å²) in [5, 5.41) is 19.9. The molecule has 0 bridgehead atoms. The van der Waals surface area contributed by atoms with Crippen molar-refractivity contribution in [1.82, 2.24) is 0 Å². The maximum Gasteiger partial charge on any atom is 0.339 e. The fourth-order valence-corrected chi connectivity index (χ4v) is 4.69. The lowest BCUT2D eigenvalue weighted by molar-refractivity contribution is -0.140. The number of carbonyl (C=O) groups excluding carboxylic acids is 2. The number of ketones is 1. The van der Waals surface area contributed by atoms with Gasteiger partial charge >= 0.3 is 11.9 Å². The van der Waals surface area contributed by atoms with Gasteiger partial charge in [0.2, 0.25) is 0 Å². The highest BCUT2D eigenvalue weighted by Gasteiger charge is 2.20. The number of aromatic carboxylic acids is 1. The number of benzene rings is 3. The highest BCUT2D eigenvalue weighted by atomic mass is 16.5. The molecule has 210 valence electrons. The summed E-state index contributed by atoms with van der Waals surface area (Å²) in [5.41, 5.74) is 1.77. The first-order valence-corrected chi connectivity index (χ1v) is 13.1. The van der Waals surface area contributed by atoms with E-state index in [1.54, 1.807) is 42.5 Å². The topological polar surface area (TPSA) is 129 Å². The lowest BCUT2D eigenvalue weighted by Crippen LogP contribution is -2.11. The number of aryl methyl sites for hydroxylation is 1. The number of hydrogen-bond acceptors (Lipinski definition) is 8. The molecule has 0 saturated heterocycles. The standard InChI is InChI=1S/C31H32O9/c1-37-28-15-19(7-11-25(28)31(35)36)18-39-27-13-8-21(16-20(27)9-14-29(33)38-2)30(34)24-12-10-23(17-26(24)32)40-22-5-3-4-6-22/h7-8,10-13,15-17,22,32H,3-6,9,14,18H2,1-2H3,(H,35,36). The molecule has 1 aliphatic carbocycles. The monoisotopic (exact) mass is 548 g/mol. The number of hydrogen-bond donors (Lipinski definition) is 2. The number of phenols is 1. The molecule has 0 radical (unpaired) electrons. The van der Waals surface area contributed by atoms with Crippen molar-refractivity contribution in [1.29, 1.82) is 0 Å². The van der Waals surface area contributed by atoms with Crippen molar-refractivity contribution in [2.75, 3.05) is 14.2 Å². The number of carboxylic acid groups (broad SMARTS) is 1. The maximum atomic E-state index is 13.3. The van der Waals surface area contributed by atoms with E-state index < -0.39 is 11.9 Å². The van der Waals surface area contributed by atoms with Crippen LogP contribution in [0, 0.1) is 0 Å². The lowest BCUT2D eigenvalue weighted by Gasteiger charge is -2.15. The second kappa shape index (κ2) is 13.0. The molecular weight excluding hydrogens is 516 g/mol. The highest BCUT2D eigenvalue weighted by molar-refractivity contribution is 6.11. The molecule has 2 N–H and O–H groups in total. The number of methoxy groups -OCH3 is 2. The van der Waals surface area contributed by atoms with Crippen molar-refractivity contribution in [3.8, 4) is 23.0 Å². The van der Waals surface area contributed by atoms with Crippen molar-refractivity contribution in [2.24, 2.45) is 0 Å². The van der Waals surface area contributed by atoms with Crippen LogP contribution in [-0.2, 0) is 22.6 Å². The van der Waals surface area contributed by atoms with Crippen LogP contribution in [0.1, 0.15) is 69.5 Å². The first-order valence-electron chi connectivity index (χ1n) is 13.1. The third kappa shape index (κ3) is 6.91. The molecule has 40 heavy (non-hydrogen) atoms. The van der Waals surface area contributed by atoms with E-state index >= 15 is 0 Å². The number of aromatic hydroxyl groups is 1. The molecule has 4 rings (SSSR count). The molecule has 9 nitrogen and oxygen atoms in total. The zero-order chi connectivity index (χ0) is 28.6. The Balaban J connectivity index is 1.54. The molecule has 0 spiro atoms. The number of esters is 1. The third-order valence-electron chi connectivity index (χ3n) is 6.86. The summed E-state index contributed by atoms with van der Waals surface area (Å²) >= 11 is 0. The zero-order valence-corrected chi connectivity index (χ0v) is 22.5. The number of carbonyl (C=O) groups is 3. The van der Waals surface area contributed by atoms with Gasteiger partial charge in [-0.1, -0.05) is 6.07 Å². The van der Waals surface area contributed by atoms with E-state index in [9.17, 15) is 24.6 Å². The Labute approximate surface area is 232 Å². The summed E-state index contributed by atoms with van der Waals surface area (Å²) in [4.78, 5) is 36.5. The Hall–Kier alpha value is -4.53. The molecule has 0 heterocycles. The Bertz CT molecular complexity index is 1390. The fraction of sp³-hybridized carbons (Fsp3) is 0.323. The summed E-state index contributed by atoms with van der Waals surface area (Å²) in [7, 11) is 2.69. The minimum absolute atomic E-state index is 0.0364. The van der Waals surface area contributed by atoms with Crippen LogP contribution in [0.25, 0.3) is 0 Å². The SMILES string of the molecule is COC(=O)CCc1cc(C(=O)c2ccc(OC3CCCC3)cc2O)ccc1OCc1ccc(C(=O)O)c(OC)c1. The quantitative estimate of drug-likeness (QED) is 0.228. The van der Waals surface area contributed by atoms with Crippen molar-refractivity contribution < 1.29 is 43.5 Å². The van der Waals surface area contributed by atoms with Gasteiger partial charge in [-0.15, -0.1) is 0 Å². The number of rotatable bonds is 12. The van der Waals surface area contributed by atoms with E-state index in [1.165, 1.54) is 26.4 Å². The van der Waals surface area contributed by atoms with E-state index in [0.29, 0.717) is 28.2 Å². The largest absolute Gasteiger partial charge is 0.507 e. The van der Waals surface area contributed by atoms with Gasteiger partial charge in [-0.25, -0.2) is 4.79 Å². The summed E-state index contributed by atoms with van der Waals surface area (Å²) in [6, 6.07) is 14.2. The van der Waals surface area contributed by atoms with Gasteiger partial charge < -0.3 is 29.2 Å². The van der Waals surface area contributed by atoms with Gasteiger partial charge in [0.05, 0.1) is 25.9 Å². The molecule has 0 aromatic heterocycles. The summed E-state index contributed by atoms with van der Waals surface area (Å²) in [6.45, 7) is 0.0953. The molecule has 0 atom stereocenters. The van der Waals surface area contributed by atoms with Crippen LogP contribution in [0.2, 0.25) is 0 Å². The van der Waals surface area contributed by atoms with Gasteiger partial charge in [-0.2, -0.15) is 0 Å². The smallest absolute Gasteiger partial charge is 0.339 e. The van der Waals surface area contributed by atoms with E-state index in [-0.39, 0.29) is 54.0 Å². The van der Waals surface area contributed by atoms with Gasteiger partial charge in [0.1, 0.15) is 35.2 Å². The van der Waals surface area contributed by atoms with E-state index in [0.717, 1.165) is 25.7 Å². The number of ether oxygens (including phenoxy) is 4. The van der Waals surface area contributed by atoms with Gasteiger partial charge in [0.15, 0.2) is 5.78 Å². The molecular formula is C31H32O9. The summed E-state index contributed by atoms with van der Waals surface area (Å²) in [5.74, 6) is -0.882. The van der Waals surface area contributed by atoms with Crippen LogP contribution in [-0.4, -0.2) is 48.3 Å². The number of phenolic OH excluding ortho intramolecular Hbond substituents is 1. The first-order chi connectivity index (χ1) is 19.3. The molecule has 3 aromatic carbocycles. The average Bonchev–Trinajstić information content (AvgIpc) is 3.47. The lowest BCUT2D eigenvalue weighted by atomic mass is 9.98. The van der Waals surface area contributed by atoms with Gasteiger partial charge in [0, 0.05) is 18.1 Å². The predicted octanol–water partition coefficient (Wildman–Crippen LogP) is 5.34. The van der Waals surface area contributed by atoms with E-state index in [4.69, 9.17) is 18.9 Å². The Morgan fingerprint density at radius 3 is 2.33 bits per heavy atom. The van der Waals surface area contributed by atoms with Crippen LogP contribution in [0.5, 0.6) is 23.0 Å². The Morgan fingerprint density at radius 1 is 0.900 bits per heavy atom. The molecule has 3 aromatic rings. The first kappa shape index (κ1) is 28.5. The van der Waals surface area contributed by atoms with E-state index in [1.807, 2.05) is 0 Å². The molecule has 1 saturated carbocycles. The van der Waals surface area contributed by atoms with Crippen LogP contribution in [0.15, 0.2) is 54.6 Å². The average molecular weight is 549 g/mol. The van der Waals surface area contributed by atoms with Crippen LogP contribution >= 0.6 is 0 Å². The predicted molar refractivity (Wildman–Crippen MR) is 145 cm³/mol. The van der Waals surface area contributed by atoms with Crippen LogP contribution in [0.3, 0.4) is 0 Å². The molecule has 0 amide bonds. The highest BCUT2D eigenvalue weighted by Crippen LogP contribution is 2.31. The number of carboxylic acids is 1. The van der Waals surface area contributed by atoms with Crippen LogP contribution in [0.4, 0.5) is 0 Å². The second-order valence-electron chi connectivity index (χ2n) is 9.56. The van der Waals surface area contributed by atoms with Crippen molar-refractivity contribution in [3.05, 3.63) is 82.4 Å². The molecule has 0 aliphatic heterocycles. The maximum absolute atomic E-state index is 13.3. The normalized spacial score (nSPS) is 13.1. The van der Waals surface area contributed by atoms with Crippen LogP contribution < -0.4 is 14.2 Å². The minimum atomic E-state index is -1.10. The Kier molecular flexibility index (Phi) is 9.27. The molecule has 1 aliphatic rings. The van der Waals surface area contributed by atoms with Crippen molar-refractivity contribution >= 4 is 17.7 Å². The third-order valence-corrected chi connectivity index (χ3v) is 6.86. The zero-order valence-electron chi connectivity index (χ0n) is 22.5. The Morgan fingerprint density at radius 2 is 1.65 bits per heavy atom. The summed E-state index contributed by atoms with van der Waals surface area (Å²) in [6.07, 6.45) is 4.65. The second-order valence-corrected chi connectivity index (χ2v) is 9.56. The van der Waals surface area contributed by atoms with Crippen molar-refractivity contribution in [2.45, 2.75) is 51.2 Å².